The van der Waals surface area contributed by atoms with Gasteiger partial charge in [-0.15, -0.1) is 0 Å². The van der Waals surface area contributed by atoms with Crippen LogP contribution in [0.5, 0.6) is 0 Å². The van der Waals surface area contributed by atoms with E-state index in [0.717, 1.165) is 0 Å². The van der Waals surface area contributed by atoms with Crippen LogP contribution in [-0.4, -0.2) is 55.5 Å². The average molecular weight is 302 g/mol. The molecule has 114 valence electrons. The summed E-state index contributed by atoms with van der Waals surface area (Å²) in [6.45, 7) is 6.57. The van der Waals surface area contributed by atoms with Gasteiger partial charge in [-0.1, -0.05) is 0 Å². The maximum absolute atomic E-state index is 12.8. The van der Waals surface area contributed by atoms with E-state index >= 15 is 0 Å². The van der Waals surface area contributed by atoms with E-state index in [0.29, 0.717) is 36.7 Å². The Morgan fingerprint density at radius 1 is 1.30 bits per heavy atom. The first-order valence-corrected chi connectivity index (χ1v) is 8.13. The molecule has 1 unspecified atom stereocenters. The van der Waals surface area contributed by atoms with E-state index in [1.807, 2.05) is 14.0 Å². The summed E-state index contributed by atoms with van der Waals surface area (Å²) in [5.41, 5.74) is 0.370. The van der Waals surface area contributed by atoms with Gasteiger partial charge in [-0.05, 0) is 27.8 Å². The van der Waals surface area contributed by atoms with Gasteiger partial charge < -0.3 is 14.4 Å². The summed E-state index contributed by atoms with van der Waals surface area (Å²) in [5.74, 6) is 0.809. The highest BCUT2D eigenvalue weighted by Crippen LogP contribution is 2.30. The molecule has 0 spiro atoms. The van der Waals surface area contributed by atoms with Gasteiger partial charge in [0.1, 0.15) is 16.4 Å². The Labute approximate surface area is 120 Å². The van der Waals surface area contributed by atoms with Gasteiger partial charge in [0.05, 0.1) is 6.61 Å². The molecule has 0 radical (unpaired) electrons. The van der Waals surface area contributed by atoms with Crippen LogP contribution in [0.25, 0.3) is 0 Å². The van der Waals surface area contributed by atoms with Crippen molar-refractivity contribution in [1.82, 2.24) is 9.21 Å². The number of nitrogens with zero attached hydrogens (tertiary/aromatic N) is 2. The Kier molecular flexibility index (Phi) is 4.24. The van der Waals surface area contributed by atoms with Gasteiger partial charge in [0.15, 0.2) is 0 Å². The molecule has 0 aromatic carbocycles. The quantitative estimate of drug-likeness (QED) is 0.890. The smallest absolute Gasteiger partial charge is 0.247 e. The molecule has 0 saturated carbocycles. The number of likely N-dealkylation sites (N-methyl/N-ethyl adjacent to an activating group) is 1. The van der Waals surface area contributed by atoms with E-state index < -0.39 is 10.0 Å². The van der Waals surface area contributed by atoms with Gasteiger partial charge in [0.25, 0.3) is 0 Å². The lowest BCUT2D eigenvalue weighted by Gasteiger charge is -2.36. The van der Waals surface area contributed by atoms with Gasteiger partial charge in [-0.2, -0.15) is 4.31 Å². The second-order valence-electron chi connectivity index (χ2n) is 5.37. The zero-order chi connectivity index (χ0) is 15.1. The van der Waals surface area contributed by atoms with E-state index in [-0.39, 0.29) is 17.5 Å². The molecule has 2 heterocycles. The Bertz CT molecular complexity index is 594. The molecule has 6 nitrogen and oxygen atoms in total. The fourth-order valence-corrected chi connectivity index (χ4v) is 4.51. The molecule has 1 saturated heterocycles. The Hall–Kier alpha value is -0.890. The summed E-state index contributed by atoms with van der Waals surface area (Å²) in [6.07, 6.45) is 0. The van der Waals surface area contributed by atoms with Crippen LogP contribution < -0.4 is 0 Å². The van der Waals surface area contributed by atoms with Crippen LogP contribution in [0.3, 0.4) is 0 Å². The van der Waals surface area contributed by atoms with Gasteiger partial charge >= 0.3 is 0 Å². The summed E-state index contributed by atoms with van der Waals surface area (Å²) in [7, 11) is -1.63. The van der Waals surface area contributed by atoms with Crippen molar-refractivity contribution in [1.29, 1.82) is 0 Å². The van der Waals surface area contributed by atoms with Gasteiger partial charge in [0, 0.05) is 31.2 Å². The van der Waals surface area contributed by atoms with Gasteiger partial charge in [-0.25, -0.2) is 8.42 Å². The zero-order valence-corrected chi connectivity index (χ0v) is 13.2. The van der Waals surface area contributed by atoms with Gasteiger partial charge in [0.2, 0.25) is 10.0 Å². The number of furan rings is 1. The highest BCUT2D eigenvalue weighted by atomic mass is 32.2. The predicted octanol–water partition coefficient (Wildman–Crippen LogP) is 0.713. The molecule has 1 N–H and O–H groups in total. The normalized spacial score (nSPS) is 22.4. The molecule has 1 fully saturated rings. The van der Waals surface area contributed by atoms with Crippen molar-refractivity contribution in [3.8, 4) is 0 Å². The van der Waals surface area contributed by atoms with Crippen molar-refractivity contribution in [3.63, 3.8) is 0 Å². The third-order valence-corrected chi connectivity index (χ3v) is 6.06. The van der Waals surface area contributed by atoms with Crippen LogP contribution >= 0.6 is 0 Å². The fourth-order valence-electron chi connectivity index (χ4n) is 2.59. The third-order valence-electron chi connectivity index (χ3n) is 4.00. The van der Waals surface area contributed by atoms with Crippen molar-refractivity contribution in [3.05, 3.63) is 17.1 Å². The maximum atomic E-state index is 12.8. The highest BCUT2D eigenvalue weighted by molar-refractivity contribution is 7.89. The lowest BCUT2D eigenvalue weighted by molar-refractivity contribution is 0.159. The second kappa shape index (κ2) is 5.48. The van der Waals surface area contributed by atoms with Gasteiger partial charge in [-0.3, -0.25) is 0 Å². The van der Waals surface area contributed by atoms with Crippen LogP contribution in [0.15, 0.2) is 9.31 Å². The number of hydrogen-bond donors (Lipinski definition) is 1. The minimum atomic E-state index is -3.62. The molecular formula is C13H22N2O4S. The topological polar surface area (TPSA) is 74.0 Å². The minimum absolute atomic E-state index is 0.134. The minimum Gasteiger partial charge on any atom is -0.465 e. The van der Waals surface area contributed by atoms with E-state index in [1.54, 1.807) is 13.8 Å². The third kappa shape index (κ3) is 2.50. The number of aryl methyl sites for hydroxylation is 2. The van der Waals surface area contributed by atoms with Crippen LogP contribution in [0, 0.1) is 13.8 Å². The van der Waals surface area contributed by atoms with E-state index in [1.165, 1.54) is 4.31 Å². The summed E-state index contributed by atoms with van der Waals surface area (Å²) in [6, 6.07) is 0.171. The summed E-state index contributed by atoms with van der Waals surface area (Å²) < 4.78 is 32.4. The van der Waals surface area contributed by atoms with Crippen LogP contribution in [0.2, 0.25) is 0 Å². The molecule has 0 aliphatic carbocycles. The first-order chi connectivity index (χ1) is 9.28. The number of hydrogen-bond acceptors (Lipinski definition) is 5. The van der Waals surface area contributed by atoms with Crippen molar-refractivity contribution in [2.45, 2.75) is 38.3 Å². The molecule has 7 heteroatoms. The van der Waals surface area contributed by atoms with Crippen LogP contribution in [0.1, 0.15) is 24.0 Å². The maximum Gasteiger partial charge on any atom is 0.247 e. The van der Waals surface area contributed by atoms with Crippen molar-refractivity contribution < 1.29 is 17.9 Å². The van der Waals surface area contributed by atoms with E-state index in [4.69, 9.17) is 4.42 Å². The summed E-state index contributed by atoms with van der Waals surface area (Å²) >= 11 is 0. The molecule has 1 aliphatic rings. The van der Waals surface area contributed by atoms with Crippen LogP contribution in [-0.2, 0) is 16.6 Å². The number of aliphatic hydroxyl groups excluding tert-OH is 1. The average Bonchev–Trinajstić information content (AvgIpc) is 2.67. The lowest BCUT2D eigenvalue weighted by atomic mass is 10.2. The van der Waals surface area contributed by atoms with Crippen molar-refractivity contribution in [2.24, 2.45) is 0 Å². The molecular weight excluding hydrogens is 280 g/mol. The zero-order valence-electron chi connectivity index (χ0n) is 12.4. The molecule has 1 aromatic heterocycles. The molecule has 2 rings (SSSR count). The second-order valence-corrected chi connectivity index (χ2v) is 7.25. The molecule has 1 atom stereocenters. The number of piperazine rings is 1. The van der Waals surface area contributed by atoms with Crippen molar-refractivity contribution >= 4 is 10.0 Å². The Morgan fingerprint density at radius 3 is 2.50 bits per heavy atom. The number of rotatable bonds is 3. The van der Waals surface area contributed by atoms with Crippen molar-refractivity contribution in [2.75, 3.05) is 26.7 Å². The Balaban J connectivity index is 2.41. The summed E-state index contributed by atoms with van der Waals surface area (Å²) in [4.78, 5) is 2.26. The fraction of sp³-hybridized carbons (Fsp3) is 0.692. The monoisotopic (exact) mass is 302 g/mol. The Morgan fingerprint density at radius 2 is 1.95 bits per heavy atom. The number of sulfonamides is 1. The first-order valence-electron chi connectivity index (χ1n) is 6.69. The highest BCUT2D eigenvalue weighted by Gasteiger charge is 2.35. The van der Waals surface area contributed by atoms with Crippen LogP contribution in [0.4, 0.5) is 0 Å². The molecule has 0 bridgehead atoms. The predicted molar refractivity (Wildman–Crippen MR) is 75.0 cm³/mol. The first kappa shape index (κ1) is 15.5. The molecule has 1 aromatic rings. The van der Waals surface area contributed by atoms with E-state index in [9.17, 15) is 13.5 Å². The standard InChI is InChI=1S/C13H22N2O4S/c1-9-7-15(6-5-14(9)4)20(17,18)13-11(3)19-10(2)12(13)8-16/h9,16H,5-8H2,1-4H3. The largest absolute Gasteiger partial charge is 0.465 e. The molecule has 20 heavy (non-hydrogen) atoms. The number of aliphatic hydroxyl groups is 1. The SMILES string of the molecule is Cc1oc(C)c(S(=O)(=O)N2CCN(C)C(C)C2)c1CO. The summed E-state index contributed by atoms with van der Waals surface area (Å²) in [5, 5.41) is 9.42. The van der Waals surface area contributed by atoms with E-state index in [2.05, 4.69) is 4.90 Å². The molecule has 0 amide bonds. The lowest BCUT2D eigenvalue weighted by Crippen LogP contribution is -2.52. The molecule has 1 aliphatic heterocycles.